The number of aromatic nitrogens is 3. The molecule has 158 valence electrons. The molecule has 0 unspecified atom stereocenters. The van der Waals surface area contributed by atoms with Crippen LogP contribution in [0.4, 0.5) is 0 Å². The SMILES string of the molecule is CCN(Cc1nc2ccccc2c(=O)[nH]1)C(=O)Cc1sc(C)nc1-c1ccc(C)cc1. The fourth-order valence-electron chi connectivity index (χ4n) is 3.54. The number of fused-ring (bicyclic) bond motifs is 1. The number of amides is 1. The van der Waals surface area contributed by atoms with Gasteiger partial charge in [-0.3, -0.25) is 9.59 Å². The van der Waals surface area contributed by atoms with Gasteiger partial charge in [-0.15, -0.1) is 11.3 Å². The zero-order chi connectivity index (χ0) is 22.0. The zero-order valence-corrected chi connectivity index (χ0v) is 18.6. The first-order valence-corrected chi connectivity index (χ1v) is 11.0. The van der Waals surface area contributed by atoms with Gasteiger partial charge < -0.3 is 9.88 Å². The van der Waals surface area contributed by atoms with Crippen molar-refractivity contribution in [1.29, 1.82) is 0 Å². The van der Waals surface area contributed by atoms with Crippen LogP contribution in [0.25, 0.3) is 22.2 Å². The van der Waals surface area contributed by atoms with Gasteiger partial charge in [-0.2, -0.15) is 0 Å². The maximum Gasteiger partial charge on any atom is 0.258 e. The molecule has 0 saturated heterocycles. The van der Waals surface area contributed by atoms with E-state index in [2.05, 4.69) is 27.1 Å². The van der Waals surface area contributed by atoms with Crippen molar-refractivity contribution in [3.8, 4) is 11.3 Å². The standard InChI is InChI=1S/C24H24N4O2S/c1-4-28(14-21-26-19-8-6-5-7-18(19)24(30)27-21)22(29)13-20-23(25-16(3)31-20)17-11-9-15(2)10-12-17/h5-12H,4,13-14H2,1-3H3,(H,26,27,30). The molecule has 4 rings (SSSR count). The second-order valence-electron chi connectivity index (χ2n) is 7.49. The van der Waals surface area contributed by atoms with Crippen molar-refractivity contribution in [3.63, 3.8) is 0 Å². The molecule has 0 radical (unpaired) electrons. The van der Waals surface area contributed by atoms with Gasteiger partial charge in [0.2, 0.25) is 5.91 Å². The minimum atomic E-state index is -0.191. The van der Waals surface area contributed by atoms with E-state index in [1.165, 1.54) is 5.56 Å². The van der Waals surface area contributed by atoms with Crippen molar-refractivity contribution in [1.82, 2.24) is 19.9 Å². The molecule has 0 aliphatic carbocycles. The van der Waals surface area contributed by atoms with Gasteiger partial charge in [-0.05, 0) is 32.9 Å². The molecule has 0 fully saturated rings. The number of nitrogens with zero attached hydrogens (tertiary/aromatic N) is 3. The molecule has 2 aromatic heterocycles. The van der Waals surface area contributed by atoms with Crippen LogP contribution in [0.1, 0.15) is 28.2 Å². The van der Waals surface area contributed by atoms with Gasteiger partial charge in [-0.1, -0.05) is 42.0 Å². The molecule has 4 aromatic rings. The number of thiazole rings is 1. The average Bonchev–Trinajstić information content (AvgIpc) is 3.12. The molecular formula is C24H24N4O2S. The number of carbonyl (C=O) groups excluding carboxylic acids is 1. The Morgan fingerprint density at radius 3 is 2.55 bits per heavy atom. The summed E-state index contributed by atoms with van der Waals surface area (Å²) in [6, 6.07) is 15.4. The highest BCUT2D eigenvalue weighted by atomic mass is 32.1. The maximum absolute atomic E-state index is 13.1. The van der Waals surface area contributed by atoms with Gasteiger partial charge in [0.1, 0.15) is 5.82 Å². The monoisotopic (exact) mass is 432 g/mol. The Morgan fingerprint density at radius 2 is 1.81 bits per heavy atom. The topological polar surface area (TPSA) is 79.0 Å². The van der Waals surface area contributed by atoms with Gasteiger partial charge in [0.05, 0.1) is 34.6 Å². The van der Waals surface area contributed by atoms with E-state index in [0.717, 1.165) is 21.1 Å². The summed E-state index contributed by atoms with van der Waals surface area (Å²) in [6.07, 6.45) is 0.264. The van der Waals surface area contributed by atoms with Gasteiger partial charge >= 0.3 is 0 Å². The summed E-state index contributed by atoms with van der Waals surface area (Å²) in [4.78, 5) is 40.1. The van der Waals surface area contributed by atoms with Crippen molar-refractivity contribution >= 4 is 28.1 Å². The molecule has 2 aromatic carbocycles. The Morgan fingerprint density at radius 1 is 1.06 bits per heavy atom. The zero-order valence-electron chi connectivity index (χ0n) is 17.8. The van der Waals surface area contributed by atoms with Crippen molar-refractivity contribution in [2.75, 3.05) is 6.54 Å². The van der Waals surface area contributed by atoms with Crippen molar-refractivity contribution in [2.24, 2.45) is 0 Å². The number of H-pyrrole nitrogens is 1. The number of aromatic amines is 1. The summed E-state index contributed by atoms with van der Waals surface area (Å²) >= 11 is 1.55. The highest BCUT2D eigenvalue weighted by Gasteiger charge is 2.19. The van der Waals surface area contributed by atoms with E-state index in [1.807, 2.05) is 45.0 Å². The Balaban J connectivity index is 1.57. The molecular weight excluding hydrogens is 408 g/mol. The van der Waals surface area contributed by atoms with Gasteiger partial charge in [-0.25, -0.2) is 9.97 Å². The number of aryl methyl sites for hydroxylation is 2. The van der Waals surface area contributed by atoms with E-state index in [0.29, 0.717) is 23.3 Å². The molecule has 0 bridgehead atoms. The minimum Gasteiger partial charge on any atom is -0.335 e. The number of likely N-dealkylation sites (N-methyl/N-ethyl adjacent to an activating group) is 1. The second kappa shape index (κ2) is 8.81. The molecule has 0 saturated carbocycles. The third-order valence-corrected chi connectivity index (χ3v) is 6.15. The summed E-state index contributed by atoms with van der Waals surface area (Å²) in [7, 11) is 0. The molecule has 7 heteroatoms. The first-order valence-electron chi connectivity index (χ1n) is 10.2. The second-order valence-corrected chi connectivity index (χ2v) is 8.77. The summed E-state index contributed by atoms with van der Waals surface area (Å²) in [5.74, 6) is 0.466. The first kappa shape index (κ1) is 20.9. The lowest BCUT2D eigenvalue weighted by molar-refractivity contribution is -0.130. The Hall–Kier alpha value is -3.32. The smallest absolute Gasteiger partial charge is 0.258 e. The summed E-state index contributed by atoms with van der Waals surface area (Å²) in [6.45, 7) is 6.71. The summed E-state index contributed by atoms with van der Waals surface area (Å²) in [5.41, 5.74) is 3.50. The number of carbonyl (C=O) groups is 1. The quantitative estimate of drug-likeness (QED) is 0.494. The molecule has 31 heavy (non-hydrogen) atoms. The van der Waals surface area contributed by atoms with Crippen molar-refractivity contribution in [3.05, 3.63) is 80.2 Å². The highest BCUT2D eigenvalue weighted by Crippen LogP contribution is 2.29. The van der Waals surface area contributed by atoms with Crippen LogP contribution < -0.4 is 5.56 Å². The molecule has 0 atom stereocenters. The van der Waals surface area contributed by atoms with E-state index in [-0.39, 0.29) is 24.4 Å². The van der Waals surface area contributed by atoms with Crippen LogP contribution in [0.15, 0.2) is 53.3 Å². The van der Waals surface area contributed by atoms with Crippen LogP contribution in [0.2, 0.25) is 0 Å². The fourth-order valence-corrected chi connectivity index (χ4v) is 4.49. The lowest BCUT2D eigenvalue weighted by atomic mass is 10.1. The van der Waals surface area contributed by atoms with Crippen LogP contribution in [-0.2, 0) is 17.8 Å². The maximum atomic E-state index is 13.1. The largest absolute Gasteiger partial charge is 0.335 e. The molecule has 0 aliphatic heterocycles. The van der Waals surface area contributed by atoms with Crippen LogP contribution in [0, 0.1) is 13.8 Å². The first-order chi connectivity index (χ1) is 14.9. The fraction of sp³-hybridized carbons (Fsp3) is 0.250. The molecule has 6 nitrogen and oxygen atoms in total. The lowest BCUT2D eigenvalue weighted by Crippen LogP contribution is -2.33. The third-order valence-electron chi connectivity index (χ3n) is 5.18. The Labute approximate surface area is 184 Å². The predicted molar refractivity (Wildman–Crippen MR) is 124 cm³/mol. The van der Waals surface area contributed by atoms with E-state index < -0.39 is 0 Å². The van der Waals surface area contributed by atoms with E-state index in [1.54, 1.807) is 28.4 Å². The van der Waals surface area contributed by atoms with Gasteiger partial charge in [0, 0.05) is 17.0 Å². The lowest BCUT2D eigenvalue weighted by Gasteiger charge is -2.20. The van der Waals surface area contributed by atoms with Crippen molar-refractivity contribution < 1.29 is 4.79 Å². The minimum absolute atomic E-state index is 0.0182. The molecule has 2 heterocycles. The van der Waals surface area contributed by atoms with Gasteiger partial charge in [0.15, 0.2) is 0 Å². The highest BCUT2D eigenvalue weighted by molar-refractivity contribution is 7.12. The normalized spacial score (nSPS) is 11.1. The van der Waals surface area contributed by atoms with Crippen LogP contribution >= 0.6 is 11.3 Å². The van der Waals surface area contributed by atoms with E-state index in [4.69, 9.17) is 0 Å². The molecule has 1 amide bonds. The summed E-state index contributed by atoms with van der Waals surface area (Å²) < 4.78 is 0. The number of rotatable bonds is 6. The van der Waals surface area contributed by atoms with E-state index >= 15 is 0 Å². The number of hydrogen-bond donors (Lipinski definition) is 1. The Bertz CT molecular complexity index is 1290. The molecule has 1 N–H and O–H groups in total. The number of hydrogen-bond acceptors (Lipinski definition) is 5. The van der Waals surface area contributed by atoms with Gasteiger partial charge in [0.25, 0.3) is 5.56 Å². The molecule has 0 spiro atoms. The summed E-state index contributed by atoms with van der Waals surface area (Å²) in [5, 5.41) is 1.48. The van der Waals surface area contributed by atoms with Crippen LogP contribution in [0.5, 0.6) is 0 Å². The van der Waals surface area contributed by atoms with E-state index in [9.17, 15) is 9.59 Å². The number of nitrogens with one attached hydrogen (secondary N) is 1. The third kappa shape index (κ3) is 4.56. The van der Waals surface area contributed by atoms with Crippen LogP contribution in [-0.4, -0.2) is 32.3 Å². The van der Waals surface area contributed by atoms with Crippen LogP contribution in [0.3, 0.4) is 0 Å². The number of para-hydroxylation sites is 1. The predicted octanol–water partition coefficient (Wildman–Crippen LogP) is 4.25. The molecule has 0 aliphatic rings. The van der Waals surface area contributed by atoms with Crippen molar-refractivity contribution in [2.45, 2.75) is 33.7 Å². The average molecular weight is 433 g/mol. The Kier molecular flexibility index (Phi) is 5.95. The number of benzene rings is 2.